The number of hydrogen-bond donors (Lipinski definition) is 1. The maximum atomic E-state index is 11.8. The van der Waals surface area contributed by atoms with Crippen LogP contribution in [-0.2, 0) is 17.5 Å². The summed E-state index contributed by atoms with van der Waals surface area (Å²) in [7, 11) is 0. The summed E-state index contributed by atoms with van der Waals surface area (Å²) in [4.78, 5) is 11.5. The topological polar surface area (TPSA) is 40.5 Å². The second kappa shape index (κ2) is 15.7. The van der Waals surface area contributed by atoms with Crippen LogP contribution in [0.3, 0.4) is 0 Å². The maximum absolute atomic E-state index is 11.8. The summed E-state index contributed by atoms with van der Waals surface area (Å²) in [6.07, 6.45) is -0.117. The predicted octanol–water partition coefficient (Wildman–Crippen LogP) is 7.15. The number of alkyl halides is 3. The van der Waals surface area contributed by atoms with Gasteiger partial charge in [0.2, 0.25) is 0 Å². The van der Waals surface area contributed by atoms with E-state index in [-0.39, 0.29) is 0 Å². The van der Waals surface area contributed by atoms with E-state index in [2.05, 4.69) is 17.0 Å². The second-order valence-corrected chi connectivity index (χ2v) is 6.79. The first-order chi connectivity index (χ1) is 14.2. The molecule has 2 aromatic rings. The Morgan fingerprint density at radius 3 is 1.97 bits per heavy atom. The van der Waals surface area contributed by atoms with Gasteiger partial charge in [-0.05, 0) is 43.6 Å². The van der Waals surface area contributed by atoms with Gasteiger partial charge in [0.05, 0.1) is 5.56 Å². The number of nitrogens with zero attached hydrogens (tertiary/aromatic N) is 1. The van der Waals surface area contributed by atoms with Crippen molar-refractivity contribution in [2.75, 3.05) is 13.1 Å². The third-order valence-corrected chi connectivity index (χ3v) is 4.08. The van der Waals surface area contributed by atoms with Crippen LogP contribution in [-0.4, -0.2) is 29.1 Å². The first-order valence-electron chi connectivity index (χ1n) is 9.97. The minimum atomic E-state index is -4.21. The van der Waals surface area contributed by atoms with Gasteiger partial charge in [0.25, 0.3) is 5.97 Å². The van der Waals surface area contributed by atoms with E-state index in [1.54, 1.807) is 6.07 Å². The van der Waals surface area contributed by atoms with Gasteiger partial charge in [-0.15, -0.1) is 0 Å². The molecule has 0 atom stereocenters. The van der Waals surface area contributed by atoms with Crippen molar-refractivity contribution < 1.29 is 23.1 Å². The Balaban J connectivity index is 0.000000461. The largest absolute Gasteiger partial charge is 0.481 e. The van der Waals surface area contributed by atoms with Crippen molar-refractivity contribution in [3.63, 3.8) is 0 Å². The third-order valence-electron chi connectivity index (χ3n) is 3.85. The normalized spacial score (nSPS) is 13.4. The molecule has 1 fully saturated rings. The van der Waals surface area contributed by atoms with Crippen LogP contribution in [0.5, 0.6) is 0 Å². The van der Waals surface area contributed by atoms with Crippen molar-refractivity contribution in [3.8, 4) is 0 Å². The van der Waals surface area contributed by atoms with Crippen LogP contribution >= 0.6 is 11.6 Å². The number of hydrogen-bond acceptors (Lipinski definition) is 2. The molecular formula is C23H31ClF3NO2. The summed E-state index contributed by atoms with van der Waals surface area (Å²) in [6.45, 7) is 8.62. The van der Waals surface area contributed by atoms with Crippen molar-refractivity contribution in [1.29, 1.82) is 0 Å². The maximum Gasteiger partial charge on any atom is 0.416 e. The molecule has 0 unspecified atom stereocenters. The van der Waals surface area contributed by atoms with Gasteiger partial charge in [-0.2, -0.15) is 13.2 Å². The molecule has 0 saturated carbocycles. The lowest BCUT2D eigenvalue weighted by atomic mass is 10.1. The number of halogens is 4. The zero-order valence-electron chi connectivity index (χ0n) is 17.8. The van der Waals surface area contributed by atoms with Crippen LogP contribution in [0.25, 0.3) is 0 Å². The lowest BCUT2D eigenvalue weighted by Crippen LogP contribution is -2.28. The zero-order chi connectivity index (χ0) is 23.0. The molecule has 30 heavy (non-hydrogen) atoms. The van der Waals surface area contributed by atoms with Crippen LogP contribution in [0.15, 0.2) is 54.6 Å². The Morgan fingerprint density at radius 1 is 1.00 bits per heavy atom. The molecule has 0 spiro atoms. The number of rotatable bonds is 2. The fourth-order valence-corrected chi connectivity index (χ4v) is 2.85. The van der Waals surface area contributed by atoms with Gasteiger partial charge >= 0.3 is 6.18 Å². The summed E-state index contributed by atoms with van der Waals surface area (Å²) in [5, 5.41) is 8.26. The molecule has 1 N–H and O–H groups in total. The SMILES string of the molecule is CC.CC(=O)O.Clc1cccc(CN2CCCCC2)c1.FC(F)(F)c1ccccc1. The van der Waals surface area contributed by atoms with E-state index in [4.69, 9.17) is 21.5 Å². The van der Waals surface area contributed by atoms with Crippen LogP contribution < -0.4 is 0 Å². The standard InChI is InChI=1S/C12H16ClN.C7H5F3.C2H4O2.C2H6/c13-12-6-4-5-11(9-12)10-14-7-2-1-3-8-14;8-7(9,10)6-4-2-1-3-5-6;1-2(3)4;1-2/h4-6,9H,1-3,7-8,10H2;1-5H;1H3,(H,3,4);1-2H3. The zero-order valence-corrected chi connectivity index (χ0v) is 18.5. The molecule has 0 aliphatic carbocycles. The number of carboxylic acid groups (broad SMARTS) is 1. The molecular weight excluding hydrogens is 415 g/mol. The summed E-state index contributed by atoms with van der Waals surface area (Å²) >= 11 is 5.94. The molecule has 7 heteroatoms. The van der Waals surface area contributed by atoms with E-state index in [0.717, 1.165) is 30.6 Å². The Labute approximate surface area is 182 Å². The number of benzene rings is 2. The molecule has 1 saturated heterocycles. The highest BCUT2D eigenvalue weighted by atomic mass is 35.5. The van der Waals surface area contributed by atoms with Gasteiger partial charge in [-0.3, -0.25) is 9.69 Å². The number of likely N-dealkylation sites (tertiary alicyclic amines) is 1. The number of carboxylic acids is 1. The van der Waals surface area contributed by atoms with E-state index in [9.17, 15) is 13.2 Å². The molecule has 0 radical (unpaired) electrons. The minimum absolute atomic E-state index is 0.602. The fourth-order valence-electron chi connectivity index (χ4n) is 2.64. The van der Waals surface area contributed by atoms with E-state index < -0.39 is 17.7 Å². The average Bonchev–Trinajstić information content (AvgIpc) is 2.70. The summed E-state index contributed by atoms with van der Waals surface area (Å²) in [5.74, 6) is -0.833. The highest BCUT2D eigenvalue weighted by Gasteiger charge is 2.29. The molecule has 0 amide bonds. The van der Waals surface area contributed by atoms with E-state index in [1.165, 1.54) is 50.0 Å². The summed E-state index contributed by atoms with van der Waals surface area (Å²) in [6, 6.07) is 14.5. The minimum Gasteiger partial charge on any atom is -0.481 e. The van der Waals surface area contributed by atoms with Gasteiger partial charge < -0.3 is 5.11 Å². The highest BCUT2D eigenvalue weighted by molar-refractivity contribution is 6.30. The average molecular weight is 446 g/mol. The van der Waals surface area contributed by atoms with E-state index in [1.807, 2.05) is 26.0 Å². The number of aliphatic carboxylic acids is 1. The molecule has 1 heterocycles. The van der Waals surface area contributed by atoms with Gasteiger partial charge in [-0.1, -0.05) is 74.3 Å². The molecule has 3 nitrogen and oxygen atoms in total. The first-order valence-corrected chi connectivity index (χ1v) is 10.3. The molecule has 1 aliphatic rings. The molecule has 1 aliphatic heterocycles. The third kappa shape index (κ3) is 14.0. The molecule has 168 valence electrons. The molecule has 0 aromatic heterocycles. The van der Waals surface area contributed by atoms with Crippen LogP contribution in [0.2, 0.25) is 5.02 Å². The Bertz CT molecular complexity index is 699. The summed E-state index contributed by atoms with van der Waals surface area (Å²) in [5.41, 5.74) is 0.731. The predicted molar refractivity (Wildman–Crippen MR) is 117 cm³/mol. The Hall–Kier alpha value is -2.05. The van der Waals surface area contributed by atoms with Crippen molar-refractivity contribution in [2.24, 2.45) is 0 Å². The van der Waals surface area contributed by atoms with Gasteiger partial charge in [0.15, 0.2) is 0 Å². The van der Waals surface area contributed by atoms with Crippen molar-refractivity contribution in [1.82, 2.24) is 4.90 Å². The lowest BCUT2D eigenvalue weighted by Gasteiger charge is -2.26. The Kier molecular flexibility index (Phi) is 14.7. The van der Waals surface area contributed by atoms with Crippen molar-refractivity contribution in [2.45, 2.75) is 52.8 Å². The molecule has 2 aromatic carbocycles. The Morgan fingerprint density at radius 2 is 1.53 bits per heavy atom. The van der Waals surface area contributed by atoms with Gasteiger partial charge in [-0.25, -0.2) is 0 Å². The smallest absolute Gasteiger partial charge is 0.416 e. The first kappa shape index (κ1) is 27.9. The number of piperidine rings is 1. The fraction of sp³-hybridized carbons (Fsp3) is 0.435. The quantitative estimate of drug-likeness (QED) is 0.533. The van der Waals surface area contributed by atoms with Gasteiger partial charge in [0, 0.05) is 18.5 Å². The van der Waals surface area contributed by atoms with Crippen molar-refractivity contribution >= 4 is 17.6 Å². The second-order valence-electron chi connectivity index (χ2n) is 6.35. The van der Waals surface area contributed by atoms with Gasteiger partial charge in [0.1, 0.15) is 0 Å². The summed E-state index contributed by atoms with van der Waals surface area (Å²) < 4.78 is 35.4. The van der Waals surface area contributed by atoms with Crippen LogP contribution in [0.4, 0.5) is 13.2 Å². The molecule has 3 rings (SSSR count). The van der Waals surface area contributed by atoms with E-state index >= 15 is 0 Å². The lowest BCUT2D eigenvalue weighted by molar-refractivity contribution is -0.137. The number of carbonyl (C=O) groups is 1. The van der Waals surface area contributed by atoms with E-state index in [0.29, 0.717) is 0 Å². The van der Waals surface area contributed by atoms with Crippen LogP contribution in [0, 0.1) is 0 Å². The molecule has 0 bridgehead atoms. The monoisotopic (exact) mass is 445 g/mol. The van der Waals surface area contributed by atoms with Crippen molar-refractivity contribution in [3.05, 3.63) is 70.7 Å². The highest BCUT2D eigenvalue weighted by Crippen LogP contribution is 2.28. The van der Waals surface area contributed by atoms with Crippen LogP contribution in [0.1, 0.15) is 51.2 Å².